The molecule has 1 saturated heterocycles. The van der Waals surface area contributed by atoms with E-state index in [1.807, 2.05) is 11.6 Å². The van der Waals surface area contributed by atoms with Gasteiger partial charge in [-0.05, 0) is 35.9 Å². The Morgan fingerprint density at radius 1 is 0.962 bits per heavy atom. The highest BCUT2D eigenvalue weighted by Crippen LogP contribution is 2.29. The van der Waals surface area contributed by atoms with Gasteiger partial charge in [-0.3, -0.25) is 4.90 Å². The summed E-state index contributed by atoms with van der Waals surface area (Å²) < 4.78 is 12.0. The van der Waals surface area contributed by atoms with E-state index >= 15 is 0 Å². The first-order valence-corrected chi connectivity index (χ1v) is 9.66. The minimum absolute atomic E-state index is 0.777. The zero-order valence-corrected chi connectivity index (χ0v) is 16.0. The third-order valence-corrected chi connectivity index (χ3v) is 5.70. The van der Waals surface area contributed by atoms with Gasteiger partial charge in [-0.1, -0.05) is 6.07 Å². The van der Waals surface area contributed by atoms with Gasteiger partial charge in [0.05, 0.1) is 29.9 Å². The van der Waals surface area contributed by atoms with Crippen LogP contribution >= 0.6 is 11.3 Å². The molecule has 5 nitrogen and oxygen atoms in total. The highest BCUT2D eigenvalue weighted by atomic mass is 32.1. The number of benzene rings is 2. The van der Waals surface area contributed by atoms with Crippen molar-refractivity contribution in [1.29, 1.82) is 0 Å². The van der Waals surface area contributed by atoms with Crippen LogP contribution in [-0.4, -0.2) is 50.3 Å². The molecular formula is C20H23N3O2S. The smallest absolute Gasteiger partial charge is 0.161 e. The number of hydrogen-bond donors (Lipinski definition) is 0. The number of nitrogens with zero attached hydrogens (tertiary/aromatic N) is 3. The Morgan fingerprint density at radius 3 is 2.54 bits per heavy atom. The highest BCUT2D eigenvalue weighted by molar-refractivity contribution is 7.16. The van der Waals surface area contributed by atoms with E-state index in [0.717, 1.165) is 49.7 Å². The van der Waals surface area contributed by atoms with Crippen LogP contribution < -0.4 is 14.4 Å². The lowest BCUT2D eigenvalue weighted by molar-refractivity contribution is 0.249. The quantitative estimate of drug-likeness (QED) is 0.686. The van der Waals surface area contributed by atoms with Crippen molar-refractivity contribution in [2.75, 3.05) is 45.3 Å². The zero-order valence-electron chi connectivity index (χ0n) is 15.1. The van der Waals surface area contributed by atoms with Crippen LogP contribution in [0.4, 0.5) is 5.69 Å². The molecule has 1 fully saturated rings. The van der Waals surface area contributed by atoms with Crippen LogP contribution in [0.15, 0.2) is 41.9 Å². The van der Waals surface area contributed by atoms with Crippen molar-refractivity contribution in [2.45, 2.75) is 6.54 Å². The van der Waals surface area contributed by atoms with Crippen molar-refractivity contribution in [1.82, 2.24) is 9.88 Å². The predicted octanol–water partition coefficient (Wildman–Crippen LogP) is 3.64. The average Bonchev–Trinajstić information content (AvgIpc) is 3.16. The van der Waals surface area contributed by atoms with Crippen LogP contribution in [0.5, 0.6) is 11.5 Å². The van der Waals surface area contributed by atoms with E-state index in [1.54, 1.807) is 25.6 Å². The van der Waals surface area contributed by atoms with Gasteiger partial charge < -0.3 is 14.4 Å². The molecule has 3 aromatic rings. The summed E-state index contributed by atoms with van der Waals surface area (Å²) in [6, 6.07) is 12.7. The summed E-state index contributed by atoms with van der Waals surface area (Å²) in [4.78, 5) is 9.31. The number of hydrogen-bond acceptors (Lipinski definition) is 6. The van der Waals surface area contributed by atoms with Gasteiger partial charge in [0.15, 0.2) is 11.5 Å². The Balaban J connectivity index is 1.39. The van der Waals surface area contributed by atoms with Gasteiger partial charge in [-0.25, -0.2) is 4.98 Å². The maximum absolute atomic E-state index is 5.41. The molecule has 0 atom stereocenters. The maximum atomic E-state index is 5.41. The lowest BCUT2D eigenvalue weighted by Crippen LogP contribution is -2.45. The fourth-order valence-corrected chi connectivity index (χ4v) is 4.15. The second-order valence-electron chi connectivity index (χ2n) is 6.46. The number of anilines is 1. The number of rotatable bonds is 5. The molecule has 1 aliphatic rings. The monoisotopic (exact) mass is 369 g/mol. The van der Waals surface area contributed by atoms with Crippen molar-refractivity contribution >= 4 is 27.2 Å². The SMILES string of the molecule is COc1ccc(CN2CCN(c3ccc4ncsc4c3)CC2)cc1OC. The summed E-state index contributed by atoms with van der Waals surface area (Å²) in [6.07, 6.45) is 0. The first-order chi connectivity index (χ1) is 12.8. The standard InChI is InChI=1S/C20H23N3O2S/c1-24-18-6-3-15(11-19(18)25-2)13-22-7-9-23(10-8-22)16-4-5-17-20(12-16)26-14-21-17/h3-6,11-12,14H,7-10,13H2,1-2H3. The van der Waals surface area contributed by atoms with E-state index in [-0.39, 0.29) is 0 Å². The molecule has 0 amide bonds. The summed E-state index contributed by atoms with van der Waals surface area (Å²) in [5.41, 5.74) is 5.55. The average molecular weight is 369 g/mol. The van der Waals surface area contributed by atoms with Gasteiger partial charge in [0.1, 0.15) is 0 Å². The van der Waals surface area contributed by atoms with Crippen LogP contribution in [0.3, 0.4) is 0 Å². The van der Waals surface area contributed by atoms with Gasteiger partial charge >= 0.3 is 0 Å². The van der Waals surface area contributed by atoms with E-state index < -0.39 is 0 Å². The molecule has 0 spiro atoms. The van der Waals surface area contributed by atoms with Crippen LogP contribution in [-0.2, 0) is 6.54 Å². The molecule has 1 aliphatic heterocycles. The van der Waals surface area contributed by atoms with Crippen molar-refractivity contribution in [3.63, 3.8) is 0 Å². The van der Waals surface area contributed by atoms with E-state index in [9.17, 15) is 0 Å². The fraction of sp³-hybridized carbons (Fsp3) is 0.350. The van der Waals surface area contributed by atoms with Gasteiger partial charge in [0.2, 0.25) is 0 Å². The summed E-state index contributed by atoms with van der Waals surface area (Å²) in [5, 5.41) is 0. The number of thiazole rings is 1. The molecule has 1 aromatic heterocycles. The van der Waals surface area contributed by atoms with Gasteiger partial charge in [0, 0.05) is 38.4 Å². The van der Waals surface area contributed by atoms with Crippen molar-refractivity contribution in [3.05, 3.63) is 47.5 Å². The topological polar surface area (TPSA) is 37.8 Å². The molecule has 6 heteroatoms. The molecule has 0 radical (unpaired) electrons. The molecule has 2 heterocycles. The second kappa shape index (κ2) is 7.51. The normalized spacial score (nSPS) is 15.4. The summed E-state index contributed by atoms with van der Waals surface area (Å²) in [5.74, 6) is 1.57. The summed E-state index contributed by atoms with van der Waals surface area (Å²) in [7, 11) is 3.35. The molecule has 136 valence electrons. The highest BCUT2D eigenvalue weighted by Gasteiger charge is 2.18. The van der Waals surface area contributed by atoms with Crippen LogP contribution in [0, 0.1) is 0 Å². The first-order valence-electron chi connectivity index (χ1n) is 8.78. The molecule has 2 aromatic carbocycles. The third kappa shape index (κ3) is 3.48. The maximum Gasteiger partial charge on any atom is 0.161 e. The number of aromatic nitrogens is 1. The Morgan fingerprint density at radius 2 is 1.77 bits per heavy atom. The summed E-state index contributed by atoms with van der Waals surface area (Å²) in [6.45, 7) is 5.11. The number of methoxy groups -OCH3 is 2. The van der Waals surface area contributed by atoms with Gasteiger partial charge in [-0.15, -0.1) is 11.3 Å². The Bertz CT molecular complexity index is 888. The minimum atomic E-state index is 0.777. The number of piperazine rings is 1. The van der Waals surface area contributed by atoms with E-state index in [2.05, 4.69) is 45.1 Å². The Hall–Kier alpha value is -2.31. The lowest BCUT2D eigenvalue weighted by atomic mass is 10.1. The Labute approximate surface area is 157 Å². The zero-order chi connectivity index (χ0) is 17.9. The third-order valence-electron chi connectivity index (χ3n) is 4.91. The molecular weight excluding hydrogens is 346 g/mol. The van der Waals surface area contributed by atoms with Crippen molar-refractivity contribution in [3.8, 4) is 11.5 Å². The summed E-state index contributed by atoms with van der Waals surface area (Å²) >= 11 is 1.70. The number of ether oxygens (including phenoxy) is 2. The van der Waals surface area contributed by atoms with E-state index in [1.165, 1.54) is 16.0 Å². The van der Waals surface area contributed by atoms with Crippen LogP contribution in [0.2, 0.25) is 0 Å². The molecule has 4 rings (SSSR count). The molecule has 0 unspecified atom stereocenters. The van der Waals surface area contributed by atoms with Gasteiger partial charge in [-0.2, -0.15) is 0 Å². The second-order valence-corrected chi connectivity index (χ2v) is 7.34. The minimum Gasteiger partial charge on any atom is -0.493 e. The van der Waals surface area contributed by atoms with Crippen molar-refractivity contribution < 1.29 is 9.47 Å². The molecule has 0 bridgehead atoms. The molecule has 0 N–H and O–H groups in total. The van der Waals surface area contributed by atoms with E-state index in [0.29, 0.717) is 0 Å². The predicted molar refractivity (Wildman–Crippen MR) is 107 cm³/mol. The van der Waals surface area contributed by atoms with Crippen molar-refractivity contribution in [2.24, 2.45) is 0 Å². The van der Waals surface area contributed by atoms with Crippen LogP contribution in [0.1, 0.15) is 5.56 Å². The largest absolute Gasteiger partial charge is 0.493 e. The van der Waals surface area contributed by atoms with E-state index in [4.69, 9.17) is 9.47 Å². The van der Waals surface area contributed by atoms with Gasteiger partial charge in [0.25, 0.3) is 0 Å². The first kappa shape index (κ1) is 17.1. The molecule has 0 saturated carbocycles. The fourth-order valence-electron chi connectivity index (χ4n) is 3.44. The lowest BCUT2D eigenvalue weighted by Gasteiger charge is -2.36. The molecule has 26 heavy (non-hydrogen) atoms. The Kier molecular flexibility index (Phi) is 4.95. The number of fused-ring (bicyclic) bond motifs is 1. The molecule has 0 aliphatic carbocycles. The van der Waals surface area contributed by atoms with Crippen LogP contribution in [0.25, 0.3) is 10.2 Å².